The number of carbonyl (C=O) groups is 3. The molecular formula is C25H30Cl2F2O6. The van der Waals surface area contributed by atoms with E-state index in [0.29, 0.717) is 6.42 Å². The highest BCUT2D eigenvalue weighted by Gasteiger charge is 2.75. The van der Waals surface area contributed by atoms with Gasteiger partial charge >= 0.3 is 5.97 Å². The van der Waals surface area contributed by atoms with Gasteiger partial charge in [0.05, 0.1) is 11.3 Å². The molecule has 3 N–H and O–H groups in total. The molecule has 0 heterocycles. The van der Waals surface area contributed by atoms with Crippen LogP contribution in [-0.4, -0.2) is 50.6 Å². The van der Waals surface area contributed by atoms with Gasteiger partial charge in [0.1, 0.15) is 22.6 Å². The van der Waals surface area contributed by atoms with Gasteiger partial charge in [-0.05, 0) is 56.3 Å². The van der Waals surface area contributed by atoms with Gasteiger partial charge in [-0.15, -0.1) is 11.6 Å². The summed E-state index contributed by atoms with van der Waals surface area (Å²) >= 11 is 12.0. The third-order valence-electron chi connectivity index (χ3n) is 10.2. The zero-order valence-corrected chi connectivity index (χ0v) is 21.3. The minimum atomic E-state index is -2.26. The Hall–Kier alpha value is -1.67. The van der Waals surface area contributed by atoms with Crippen molar-refractivity contribution < 1.29 is 38.5 Å². The summed E-state index contributed by atoms with van der Waals surface area (Å²) in [6, 6.07) is 0. The van der Waals surface area contributed by atoms with Gasteiger partial charge in [-0.1, -0.05) is 25.4 Å². The number of carbonyl (C=O) groups excluding carboxylic acids is 2. The fourth-order valence-electron chi connectivity index (χ4n) is 8.50. The van der Waals surface area contributed by atoms with Gasteiger partial charge in [0.25, 0.3) is 0 Å². The first kappa shape index (κ1) is 26.4. The van der Waals surface area contributed by atoms with E-state index in [4.69, 9.17) is 23.2 Å². The van der Waals surface area contributed by atoms with Gasteiger partial charge < -0.3 is 15.3 Å². The van der Waals surface area contributed by atoms with Crippen LogP contribution in [0.25, 0.3) is 0 Å². The van der Waals surface area contributed by atoms with Crippen molar-refractivity contribution in [2.45, 2.75) is 71.1 Å². The van der Waals surface area contributed by atoms with Crippen molar-refractivity contribution in [1.82, 2.24) is 0 Å². The maximum absolute atomic E-state index is 17.3. The number of allylic oxidation sites excluding steroid dienone is 2. The lowest BCUT2D eigenvalue weighted by Gasteiger charge is -2.62. The maximum atomic E-state index is 17.3. The smallest absolute Gasteiger partial charge is 0.303 e. The summed E-state index contributed by atoms with van der Waals surface area (Å²) in [6.07, 6.45) is -2.18. The molecule has 35 heavy (non-hydrogen) atoms. The molecule has 4 rings (SSSR count). The Bertz CT molecular complexity index is 1070. The summed E-state index contributed by atoms with van der Waals surface area (Å²) in [7, 11) is 0. The number of hydrogen-bond acceptors (Lipinski definition) is 5. The van der Waals surface area contributed by atoms with Gasteiger partial charge in [0.15, 0.2) is 11.5 Å². The van der Waals surface area contributed by atoms with Crippen molar-refractivity contribution in [3.63, 3.8) is 0 Å². The van der Waals surface area contributed by atoms with Crippen molar-refractivity contribution >= 4 is 40.7 Å². The molecule has 3 saturated carbocycles. The average molecular weight is 535 g/mol. The standard InChI is InChI=1S/C25H30Cl2F2O6/c1-11-8-12-13-9-14(28)17-19(33)20(34)18(27)21(35)23(17,3)25(13,29)7-6-22(12,2)24(11,15(30)10-26)5-4-16(31)32/h11-14,33,35H,4-10H2,1-3H3,(H,31,32)/t11-,12+,13+,14+,22+,23-,24-,25-/m1/s1. The fraction of sp³-hybridized carbons (Fsp3) is 0.720. The lowest BCUT2D eigenvalue weighted by molar-refractivity contribution is -0.172. The van der Waals surface area contributed by atoms with Crippen LogP contribution in [0.5, 0.6) is 0 Å². The van der Waals surface area contributed by atoms with E-state index in [1.807, 2.05) is 13.8 Å². The predicted octanol–water partition coefficient (Wildman–Crippen LogP) is 5.58. The Labute approximate surface area is 212 Å². The normalized spacial score (nSPS) is 45.2. The second-order valence-corrected chi connectivity index (χ2v) is 11.8. The second-order valence-electron chi connectivity index (χ2n) is 11.1. The van der Waals surface area contributed by atoms with Crippen LogP contribution < -0.4 is 0 Å². The lowest BCUT2D eigenvalue weighted by atomic mass is 9.43. The molecule has 0 unspecified atom stereocenters. The Morgan fingerprint density at radius 3 is 2.34 bits per heavy atom. The Balaban J connectivity index is 1.88. The minimum absolute atomic E-state index is 0.0435. The van der Waals surface area contributed by atoms with Crippen molar-refractivity contribution in [3.05, 3.63) is 22.1 Å². The van der Waals surface area contributed by atoms with E-state index in [-0.39, 0.29) is 49.7 Å². The molecule has 0 amide bonds. The molecule has 10 heteroatoms. The third kappa shape index (κ3) is 3.01. The number of fused-ring (bicyclic) bond motifs is 5. The number of carboxylic acids is 1. The molecule has 0 bridgehead atoms. The SMILES string of the molecule is C[C@@H]1C[C@H]2[C@@H]3C[C@H](F)C4=C(O)C(=O)C(Cl)=C(O)[C@]4(C)[C@@]3(F)CC[C@]2(C)[C@@]1(CCC(=O)O)C(=O)CCl. The Morgan fingerprint density at radius 1 is 1.14 bits per heavy atom. The number of carboxylic acid groups (broad SMARTS) is 1. The number of aliphatic hydroxyl groups excluding tert-OH is 2. The van der Waals surface area contributed by atoms with E-state index in [9.17, 15) is 29.7 Å². The van der Waals surface area contributed by atoms with Crippen LogP contribution in [0.1, 0.15) is 59.3 Å². The zero-order valence-electron chi connectivity index (χ0n) is 19.8. The van der Waals surface area contributed by atoms with Gasteiger partial charge in [-0.25, -0.2) is 8.78 Å². The van der Waals surface area contributed by atoms with E-state index in [1.165, 1.54) is 6.92 Å². The van der Waals surface area contributed by atoms with Crippen LogP contribution >= 0.6 is 23.2 Å². The summed E-state index contributed by atoms with van der Waals surface area (Å²) in [5, 5.41) is 30.0. The van der Waals surface area contributed by atoms with Gasteiger partial charge in [-0.2, -0.15) is 0 Å². The summed E-state index contributed by atoms with van der Waals surface area (Å²) < 4.78 is 33.0. The highest BCUT2D eigenvalue weighted by atomic mass is 35.5. The first-order valence-corrected chi connectivity index (χ1v) is 12.8. The largest absolute Gasteiger partial charge is 0.510 e. The molecule has 8 atom stereocenters. The van der Waals surface area contributed by atoms with Crippen molar-refractivity contribution in [2.24, 2.45) is 34.0 Å². The summed E-state index contributed by atoms with van der Waals surface area (Å²) in [4.78, 5) is 37.1. The fourth-order valence-corrected chi connectivity index (χ4v) is 9.02. The third-order valence-corrected chi connectivity index (χ3v) is 10.8. The molecule has 3 fully saturated rings. The second kappa shape index (κ2) is 8.17. The van der Waals surface area contributed by atoms with Crippen LogP contribution in [0, 0.1) is 34.0 Å². The van der Waals surface area contributed by atoms with E-state index in [2.05, 4.69) is 0 Å². The number of hydrogen-bond donors (Lipinski definition) is 3. The lowest BCUT2D eigenvalue weighted by Crippen LogP contribution is -2.65. The number of halogens is 4. The molecule has 0 aliphatic heterocycles. The highest BCUT2D eigenvalue weighted by Crippen LogP contribution is 2.75. The molecule has 4 aliphatic rings. The molecule has 0 aromatic rings. The van der Waals surface area contributed by atoms with Crippen LogP contribution in [0.2, 0.25) is 0 Å². The topological polar surface area (TPSA) is 112 Å². The monoisotopic (exact) mass is 534 g/mol. The van der Waals surface area contributed by atoms with E-state index >= 15 is 8.78 Å². The average Bonchev–Trinajstić information content (AvgIpc) is 3.03. The zero-order chi connectivity index (χ0) is 26.3. The van der Waals surface area contributed by atoms with Crippen LogP contribution in [-0.2, 0) is 14.4 Å². The number of ketones is 2. The van der Waals surface area contributed by atoms with Crippen LogP contribution in [0.4, 0.5) is 8.78 Å². The molecule has 0 aromatic carbocycles. The molecule has 4 aliphatic carbocycles. The van der Waals surface area contributed by atoms with E-state index < -0.39 is 73.8 Å². The quantitative estimate of drug-likeness (QED) is 0.397. The minimum Gasteiger partial charge on any atom is -0.510 e. The number of rotatable bonds is 5. The number of aliphatic hydroxyl groups is 2. The van der Waals surface area contributed by atoms with Gasteiger partial charge in [0.2, 0.25) is 5.78 Å². The summed E-state index contributed by atoms with van der Waals surface area (Å²) in [5.41, 5.74) is -6.80. The summed E-state index contributed by atoms with van der Waals surface area (Å²) in [5.74, 6) is -6.42. The molecular weight excluding hydrogens is 505 g/mol. The number of Topliss-reactive ketones (excluding diaryl/α,β-unsaturated/α-hetero) is 2. The Morgan fingerprint density at radius 2 is 1.77 bits per heavy atom. The molecule has 6 nitrogen and oxygen atoms in total. The number of aliphatic carboxylic acids is 1. The van der Waals surface area contributed by atoms with Crippen molar-refractivity contribution in [2.75, 3.05) is 5.88 Å². The molecule has 0 radical (unpaired) electrons. The van der Waals surface area contributed by atoms with Crippen molar-refractivity contribution in [3.8, 4) is 0 Å². The maximum Gasteiger partial charge on any atom is 0.303 e. The highest BCUT2D eigenvalue weighted by molar-refractivity contribution is 6.45. The van der Waals surface area contributed by atoms with Crippen LogP contribution in [0.15, 0.2) is 22.1 Å². The molecule has 0 spiro atoms. The van der Waals surface area contributed by atoms with Crippen LogP contribution in [0.3, 0.4) is 0 Å². The number of alkyl halides is 3. The van der Waals surface area contributed by atoms with E-state index in [0.717, 1.165) is 0 Å². The molecule has 0 aromatic heterocycles. The molecule has 0 saturated heterocycles. The first-order chi connectivity index (χ1) is 16.1. The van der Waals surface area contributed by atoms with Gasteiger partial charge in [0, 0.05) is 23.3 Å². The first-order valence-electron chi connectivity index (χ1n) is 11.9. The predicted molar refractivity (Wildman–Crippen MR) is 125 cm³/mol. The van der Waals surface area contributed by atoms with E-state index in [1.54, 1.807) is 0 Å². The molecule has 194 valence electrons. The van der Waals surface area contributed by atoms with Crippen molar-refractivity contribution in [1.29, 1.82) is 0 Å². The van der Waals surface area contributed by atoms with Gasteiger partial charge in [-0.3, -0.25) is 14.4 Å². The summed E-state index contributed by atoms with van der Waals surface area (Å²) in [6.45, 7) is 4.94. The Kier molecular flexibility index (Phi) is 6.16.